The number of benzene rings is 2. The van der Waals surface area contributed by atoms with E-state index < -0.39 is 0 Å². The number of nitrogens with zero attached hydrogens (tertiary/aromatic N) is 3. The molecule has 6 nitrogen and oxygen atoms in total. The van der Waals surface area contributed by atoms with Crippen molar-refractivity contribution in [3.63, 3.8) is 0 Å². The Hall–Kier alpha value is -3.43. The van der Waals surface area contributed by atoms with Crippen molar-refractivity contribution >= 4 is 17.3 Å². The maximum absolute atomic E-state index is 9.34. The van der Waals surface area contributed by atoms with Crippen molar-refractivity contribution in [1.82, 2.24) is 9.97 Å². The van der Waals surface area contributed by atoms with Gasteiger partial charge in [0.2, 0.25) is 0 Å². The number of hydrogen-bond donors (Lipinski definition) is 2. The summed E-state index contributed by atoms with van der Waals surface area (Å²) in [6, 6.07) is 21.3. The van der Waals surface area contributed by atoms with Gasteiger partial charge >= 0.3 is 0 Å². The van der Waals surface area contributed by atoms with Crippen LogP contribution >= 0.6 is 0 Å². The third-order valence-corrected chi connectivity index (χ3v) is 4.60. The highest BCUT2D eigenvalue weighted by atomic mass is 16.5. The Morgan fingerprint density at radius 2 is 1.82 bits per heavy atom. The lowest BCUT2D eigenvalue weighted by Crippen LogP contribution is -2.19. The Labute approximate surface area is 164 Å². The lowest BCUT2D eigenvalue weighted by Gasteiger charge is -2.14. The van der Waals surface area contributed by atoms with E-state index in [0.717, 1.165) is 30.8 Å². The zero-order valence-electron chi connectivity index (χ0n) is 15.4. The molecule has 0 aliphatic carbocycles. The van der Waals surface area contributed by atoms with Crippen LogP contribution in [0.25, 0.3) is 11.4 Å². The predicted octanol–water partition coefficient (Wildman–Crippen LogP) is 4.35. The van der Waals surface area contributed by atoms with Crippen molar-refractivity contribution in [3.8, 4) is 17.5 Å². The first-order valence-corrected chi connectivity index (χ1v) is 9.38. The van der Waals surface area contributed by atoms with Gasteiger partial charge in [0.25, 0.3) is 0 Å². The lowest BCUT2D eigenvalue weighted by molar-refractivity contribution is 0.120. The molecule has 3 aromatic rings. The quantitative estimate of drug-likeness (QED) is 0.670. The van der Waals surface area contributed by atoms with Crippen molar-refractivity contribution in [1.29, 1.82) is 5.26 Å². The maximum atomic E-state index is 9.34. The summed E-state index contributed by atoms with van der Waals surface area (Å²) >= 11 is 0. The molecule has 2 N–H and O–H groups in total. The predicted molar refractivity (Wildman–Crippen MR) is 109 cm³/mol. The second-order valence-corrected chi connectivity index (χ2v) is 6.63. The van der Waals surface area contributed by atoms with Gasteiger partial charge in [-0.05, 0) is 25.0 Å². The summed E-state index contributed by atoms with van der Waals surface area (Å²) in [6.45, 7) is 1.53. The Bertz CT molecular complexity index is 978. The zero-order valence-corrected chi connectivity index (χ0v) is 15.4. The number of aromatic nitrogens is 2. The van der Waals surface area contributed by atoms with Crippen LogP contribution in [0.4, 0.5) is 17.3 Å². The van der Waals surface area contributed by atoms with Crippen LogP contribution in [0.5, 0.6) is 0 Å². The van der Waals surface area contributed by atoms with Gasteiger partial charge in [-0.25, -0.2) is 9.97 Å². The van der Waals surface area contributed by atoms with E-state index in [1.54, 1.807) is 6.07 Å². The smallest absolute Gasteiger partial charge is 0.163 e. The number of anilines is 3. The molecule has 0 bridgehead atoms. The molecule has 1 saturated heterocycles. The summed E-state index contributed by atoms with van der Waals surface area (Å²) in [5.74, 6) is 1.97. The largest absolute Gasteiger partial charge is 0.376 e. The first kappa shape index (κ1) is 18.0. The van der Waals surface area contributed by atoms with Gasteiger partial charge in [-0.15, -0.1) is 0 Å². The first-order chi connectivity index (χ1) is 13.8. The molecule has 2 aromatic carbocycles. The highest BCUT2D eigenvalue weighted by molar-refractivity contribution is 5.68. The number of rotatable bonds is 6. The molecule has 28 heavy (non-hydrogen) atoms. The number of nitrogens with one attached hydrogen (secondary N) is 2. The van der Waals surface area contributed by atoms with Gasteiger partial charge in [0.15, 0.2) is 5.82 Å². The Balaban J connectivity index is 1.64. The summed E-state index contributed by atoms with van der Waals surface area (Å²) in [5.41, 5.74) is 2.21. The van der Waals surface area contributed by atoms with E-state index in [4.69, 9.17) is 4.74 Å². The standard InChI is InChI=1S/C22H21N5O/c23-14-17-9-4-5-11-19(17)25-21-13-20(24-15-18-10-6-12-28-18)26-22(27-21)16-7-2-1-3-8-16/h1-5,7-9,11,13,18H,6,10,12,15H2,(H2,24,25,26,27). The van der Waals surface area contributed by atoms with Crippen molar-refractivity contribution in [2.75, 3.05) is 23.8 Å². The Morgan fingerprint density at radius 1 is 1.04 bits per heavy atom. The molecule has 1 fully saturated rings. The molecule has 1 atom stereocenters. The van der Waals surface area contributed by atoms with Crippen LogP contribution in [0.3, 0.4) is 0 Å². The van der Waals surface area contributed by atoms with Crippen molar-refractivity contribution in [2.45, 2.75) is 18.9 Å². The zero-order chi connectivity index (χ0) is 19.2. The first-order valence-electron chi connectivity index (χ1n) is 9.38. The number of para-hydroxylation sites is 1. The van der Waals surface area contributed by atoms with E-state index in [-0.39, 0.29) is 6.10 Å². The SMILES string of the molecule is N#Cc1ccccc1Nc1cc(NCC2CCCO2)nc(-c2ccccc2)n1. The van der Waals surface area contributed by atoms with E-state index in [9.17, 15) is 5.26 Å². The average molecular weight is 371 g/mol. The van der Waals surface area contributed by atoms with E-state index in [2.05, 4.69) is 26.7 Å². The van der Waals surface area contributed by atoms with Crippen molar-refractivity contribution < 1.29 is 4.74 Å². The van der Waals surface area contributed by atoms with Gasteiger partial charge < -0.3 is 15.4 Å². The minimum absolute atomic E-state index is 0.214. The molecule has 6 heteroatoms. The molecule has 1 aliphatic rings. The summed E-state index contributed by atoms with van der Waals surface area (Å²) in [5, 5.41) is 16.0. The minimum Gasteiger partial charge on any atom is -0.376 e. The molecule has 1 aliphatic heterocycles. The molecule has 1 unspecified atom stereocenters. The average Bonchev–Trinajstić information content (AvgIpc) is 3.27. The fraction of sp³-hybridized carbons (Fsp3) is 0.227. The monoisotopic (exact) mass is 371 g/mol. The van der Waals surface area contributed by atoms with Crippen molar-refractivity contribution in [3.05, 3.63) is 66.2 Å². The molecular formula is C22H21N5O. The summed E-state index contributed by atoms with van der Waals surface area (Å²) in [4.78, 5) is 9.32. The molecular weight excluding hydrogens is 350 g/mol. The van der Waals surface area contributed by atoms with Crippen LogP contribution in [0.1, 0.15) is 18.4 Å². The third kappa shape index (κ3) is 4.27. The van der Waals surface area contributed by atoms with E-state index in [1.807, 2.05) is 54.6 Å². The van der Waals surface area contributed by atoms with Gasteiger partial charge in [0.1, 0.15) is 17.7 Å². The molecule has 0 radical (unpaired) electrons. The summed E-state index contributed by atoms with van der Waals surface area (Å²) in [6.07, 6.45) is 2.37. The molecule has 2 heterocycles. The summed E-state index contributed by atoms with van der Waals surface area (Å²) in [7, 11) is 0. The van der Waals surface area contributed by atoms with Crippen LogP contribution < -0.4 is 10.6 Å². The fourth-order valence-electron chi connectivity index (χ4n) is 3.17. The highest BCUT2D eigenvalue weighted by Gasteiger charge is 2.16. The third-order valence-electron chi connectivity index (χ3n) is 4.60. The molecule has 0 spiro atoms. The maximum Gasteiger partial charge on any atom is 0.163 e. The van der Waals surface area contributed by atoms with E-state index in [0.29, 0.717) is 29.4 Å². The van der Waals surface area contributed by atoms with Gasteiger partial charge in [0.05, 0.1) is 17.4 Å². The fourth-order valence-corrected chi connectivity index (χ4v) is 3.17. The van der Waals surface area contributed by atoms with Crippen LogP contribution in [0.15, 0.2) is 60.7 Å². The molecule has 0 amide bonds. The van der Waals surface area contributed by atoms with E-state index in [1.165, 1.54) is 0 Å². The molecule has 140 valence electrons. The van der Waals surface area contributed by atoms with Crippen LogP contribution in [0, 0.1) is 11.3 Å². The Morgan fingerprint density at radius 3 is 2.61 bits per heavy atom. The molecule has 4 rings (SSSR count). The number of hydrogen-bond acceptors (Lipinski definition) is 6. The normalized spacial score (nSPS) is 15.8. The highest BCUT2D eigenvalue weighted by Crippen LogP contribution is 2.24. The molecule has 1 aromatic heterocycles. The Kier molecular flexibility index (Phi) is 5.46. The molecule has 0 saturated carbocycles. The second kappa shape index (κ2) is 8.51. The van der Waals surface area contributed by atoms with Crippen LogP contribution in [-0.4, -0.2) is 29.2 Å². The van der Waals surface area contributed by atoms with E-state index >= 15 is 0 Å². The topological polar surface area (TPSA) is 82.9 Å². The second-order valence-electron chi connectivity index (χ2n) is 6.63. The van der Waals surface area contributed by atoms with Crippen LogP contribution in [0.2, 0.25) is 0 Å². The van der Waals surface area contributed by atoms with Crippen molar-refractivity contribution in [2.24, 2.45) is 0 Å². The summed E-state index contributed by atoms with van der Waals surface area (Å²) < 4.78 is 5.69. The van der Waals surface area contributed by atoms with Crippen LogP contribution in [-0.2, 0) is 4.74 Å². The number of nitriles is 1. The van der Waals surface area contributed by atoms with Gasteiger partial charge in [-0.1, -0.05) is 42.5 Å². The van der Waals surface area contributed by atoms with Gasteiger partial charge in [-0.3, -0.25) is 0 Å². The number of ether oxygens (including phenoxy) is 1. The van der Waals surface area contributed by atoms with Gasteiger partial charge in [0, 0.05) is 24.8 Å². The lowest BCUT2D eigenvalue weighted by atomic mass is 10.2. The van der Waals surface area contributed by atoms with Gasteiger partial charge in [-0.2, -0.15) is 5.26 Å². The minimum atomic E-state index is 0.214.